The van der Waals surface area contributed by atoms with Gasteiger partial charge in [-0.3, -0.25) is 4.79 Å². The van der Waals surface area contributed by atoms with Gasteiger partial charge in [0.05, 0.1) is 13.3 Å². The molecule has 7 nitrogen and oxygen atoms in total. The minimum Gasteiger partial charge on any atom is -0.497 e. The summed E-state index contributed by atoms with van der Waals surface area (Å²) >= 11 is 0. The van der Waals surface area contributed by atoms with Crippen LogP contribution in [-0.4, -0.2) is 31.8 Å². The van der Waals surface area contributed by atoms with E-state index in [2.05, 4.69) is 10.5 Å². The van der Waals surface area contributed by atoms with Gasteiger partial charge in [-0.15, -0.1) is 0 Å². The summed E-state index contributed by atoms with van der Waals surface area (Å²) in [5.41, 5.74) is 6.10. The Bertz CT molecular complexity index is 1180. The van der Waals surface area contributed by atoms with E-state index in [0.29, 0.717) is 11.5 Å². The summed E-state index contributed by atoms with van der Waals surface area (Å²) in [6.45, 7) is 3.78. The largest absolute Gasteiger partial charge is 0.497 e. The fourth-order valence-electron chi connectivity index (χ4n) is 2.97. The zero-order chi connectivity index (χ0) is 24.3. The van der Waals surface area contributed by atoms with E-state index < -0.39 is 5.97 Å². The van der Waals surface area contributed by atoms with Crippen molar-refractivity contribution >= 4 is 24.2 Å². The number of hydrazone groups is 1. The topological polar surface area (TPSA) is 86.2 Å². The lowest BCUT2D eigenvalue weighted by atomic mass is 10.1. The smallest absolute Gasteiger partial charge is 0.336 e. The molecule has 1 amide bonds. The van der Waals surface area contributed by atoms with Crippen LogP contribution in [-0.2, 0) is 9.59 Å². The highest BCUT2D eigenvalue weighted by Crippen LogP contribution is 2.18. The summed E-state index contributed by atoms with van der Waals surface area (Å²) in [5.74, 6) is 0.938. The van der Waals surface area contributed by atoms with E-state index in [1.165, 1.54) is 12.3 Å². The zero-order valence-corrected chi connectivity index (χ0v) is 19.3. The number of rotatable bonds is 9. The predicted molar refractivity (Wildman–Crippen MR) is 131 cm³/mol. The summed E-state index contributed by atoms with van der Waals surface area (Å²) in [7, 11) is 1.60. The molecule has 0 unspecified atom stereocenters. The van der Waals surface area contributed by atoms with Crippen LogP contribution in [0.15, 0.2) is 77.9 Å². The van der Waals surface area contributed by atoms with E-state index >= 15 is 0 Å². The zero-order valence-electron chi connectivity index (χ0n) is 19.3. The van der Waals surface area contributed by atoms with Crippen LogP contribution in [0.4, 0.5) is 0 Å². The number of esters is 1. The number of hydrogen-bond donors (Lipinski definition) is 1. The third-order valence-corrected chi connectivity index (χ3v) is 4.72. The van der Waals surface area contributed by atoms with Crippen molar-refractivity contribution in [3.8, 4) is 17.2 Å². The summed E-state index contributed by atoms with van der Waals surface area (Å²) < 4.78 is 15.9. The molecule has 3 rings (SSSR count). The lowest BCUT2D eigenvalue weighted by Gasteiger charge is -2.08. The fraction of sp³-hybridized carbons (Fsp3) is 0.148. The SMILES string of the molecule is COc1ccc(C=CC(=O)Oc2ccc(C=NNC(=O)COc3ccc(C)cc3C)cc2)cc1. The molecule has 0 fully saturated rings. The molecule has 0 radical (unpaired) electrons. The number of carbonyl (C=O) groups is 2. The second kappa shape index (κ2) is 12.0. The molecule has 0 spiro atoms. The summed E-state index contributed by atoms with van der Waals surface area (Å²) in [4.78, 5) is 24.0. The van der Waals surface area contributed by atoms with Crippen molar-refractivity contribution in [2.75, 3.05) is 13.7 Å². The van der Waals surface area contributed by atoms with Gasteiger partial charge in [0.15, 0.2) is 6.61 Å². The maximum atomic E-state index is 12.0. The number of carbonyl (C=O) groups excluding carboxylic acids is 2. The van der Waals surface area contributed by atoms with Gasteiger partial charge in [0.2, 0.25) is 0 Å². The van der Waals surface area contributed by atoms with Gasteiger partial charge in [0.1, 0.15) is 17.2 Å². The Kier molecular flexibility index (Phi) is 8.57. The van der Waals surface area contributed by atoms with Crippen LogP contribution in [0.2, 0.25) is 0 Å². The minimum atomic E-state index is -0.492. The van der Waals surface area contributed by atoms with E-state index in [-0.39, 0.29) is 12.5 Å². The Balaban J connectivity index is 1.43. The minimum absolute atomic E-state index is 0.139. The van der Waals surface area contributed by atoms with Crippen molar-refractivity contribution in [3.63, 3.8) is 0 Å². The van der Waals surface area contributed by atoms with Crippen molar-refractivity contribution in [2.45, 2.75) is 13.8 Å². The van der Waals surface area contributed by atoms with Crippen LogP contribution in [0.25, 0.3) is 6.08 Å². The average Bonchev–Trinajstić information content (AvgIpc) is 2.83. The highest BCUT2D eigenvalue weighted by Gasteiger charge is 2.04. The molecule has 0 aliphatic heterocycles. The standard InChI is InChI=1S/C27H26N2O5/c1-19-4-14-25(20(2)16-19)33-18-26(30)29-28-17-22-7-12-24(13-8-22)34-27(31)15-9-21-5-10-23(32-3)11-6-21/h4-17H,18H2,1-3H3,(H,29,30). The van der Waals surface area contributed by atoms with Crippen LogP contribution in [0.3, 0.4) is 0 Å². The number of benzene rings is 3. The van der Waals surface area contributed by atoms with E-state index in [9.17, 15) is 9.59 Å². The first-order valence-electron chi connectivity index (χ1n) is 10.6. The van der Waals surface area contributed by atoms with E-state index in [1.54, 1.807) is 37.5 Å². The van der Waals surface area contributed by atoms with Gasteiger partial charge in [-0.2, -0.15) is 5.10 Å². The Morgan fingerprint density at radius 1 is 0.912 bits per heavy atom. The fourth-order valence-corrected chi connectivity index (χ4v) is 2.97. The maximum absolute atomic E-state index is 12.0. The maximum Gasteiger partial charge on any atom is 0.336 e. The van der Waals surface area contributed by atoms with Gasteiger partial charge in [0.25, 0.3) is 5.91 Å². The lowest BCUT2D eigenvalue weighted by Crippen LogP contribution is -2.24. The van der Waals surface area contributed by atoms with Crippen LogP contribution < -0.4 is 19.6 Å². The van der Waals surface area contributed by atoms with E-state index in [0.717, 1.165) is 28.0 Å². The molecule has 3 aromatic rings. The molecule has 0 heterocycles. The number of nitrogens with zero attached hydrogens (tertiary/aromatic N) is 1. The third kappa shape index (κ3) is 7.63. The molecule has 0 aliphatic carbocycles. The van der Waals surface area contributed by atoms with Crippen molar-refractivity contribution in [3.05, 3.63) is 95.1 Å². The van der Waals surface area contributed by atoms with Crippen molar-refractivity contribution in [1.29, 1.82) is 0 Å². The molecular weight excluding hydrogens is 432 g/mol. The van der Waals surface area contributed by atoms with Crippen LogP contribution in [0.1, 0.15) is 22.3 Å². The second-order valence-corrected chi connectivity index (χ2v) is 7.45. The van der Waals surface area contributed by atoms with Gasteiger partial charge >= 0.3 is 5.97 Å². The van der Waals surface area contributed by atoms with Crippen molar-refractivity contribution < 1.29 is 23.8 Å². The molecule has 1 N–H and O–H groups in total. The van der Waals surface area contributed by atoms with E-state index in [1.807, 2.05) is 56.3 Å². The molecule has 0 bridgehead atoms. The summed E-state index contributed by atoms with van der Waals surface area (Å²) in [5, 5.41) is 3.92. The monoisotopic (exact) mass is 458 g/mol. The van der Waals surface area contributed by atoms with Gasteiger partial charge < -0.3 is 14.2 Å². The predicted octanol–water partition coefficient (Wildman–Crippen LogP) is 4.46. The average molecular weight is 459 g/mol. The molecule has 7 heteroatoms. The molecule has 34 heavy (non-hydrogen) atoms. The third-order valence-electron chi connectivity index (χ3n) is 4.72. The van der Waals surface area contributed by atoms with E-state index in [4.69, 9.17) is 14.2 Å². The molecule has 0 saturated heterocycles. The number of amides is 1. The Hall–Kier alpha value is -4.39. The summed E-state index contributed by atoms with van der Waals surface area (Å²) in [6, 6.07) is 19.8. The normalized spacial score (nSPS) is 10.9. The Morgan fingerprint density at radius 2 is 1.59 bits per heavy atom. The lowest BCUT2D eigenvalue weighted by molar-refractivity contribution is -0.129. The number of nitrogens with one attached hydrogen (secondary N) is 1. The highest BCUT2D eigenvalue weighted by molar-refractivity contribution is 5.89. The number of aryl methyl sites for hydroxylation is 2. The number of ether oxygens (including phenoxy) is 3. The highest BCUT2D eigenvalue weighted by atomic mass is 16.5. The van der Waals surface area contributed by atoms with Gasteiger partial charge in [0, 0.05) is 6.08 Å². The van der Waals surface area contributed by atoms with Crippen molar-refractivity contribution in [2.24, 2.45) is 5.10 Å². The van der Waals surface area contributed by atoms with Crippen LogP contribution in [0, 0.1) is 13.8 Å². The first-order chi connectivity index (χ1) is 16.4. The number of hydrogen-bond acceptors (Lipinski definition) is 6. The van der Waals surface area contributed by atoms with Gasteiger partial charge in [-0.05, 0) is 79.1 Å². The Labute approximate surface area is 198 Å². The quantitative estimate of drug-likeness (QED) is 0.168. The molecule has 3 aromatic carbocycles. The van der Waals surface area contributed by atoms with Crippen molar-refractivity contribution in [1.82, 2.24) is 5.43 Å². The number of methoxy groups -OCH3 is 1. The molecule has 0 aliphatic rings. The second-order valence-electron chi connectivity index (χ2n) is 7.45. The summed E-state index contributed by atoms with van der Waals surface area (Å²) in [6.07, 6.45) is 4.51. The first kappa shape index (κ1) is 24.3. The van der Waals surface area contributed by atoms with Gasteiger partial charge in [-0.25, -0.2) is 10.2 Å². The molecule has 0 aromatic heterocycles. The molecule has 0 atom stereocenters. The molecule has 174 valence electrons. The van der Waals surface area contributed by atoms with Crippen LogP contribution >= 0.6 is 0 Å². The van der Waals surface area contributed by atoms with Gasteiger partial charge in [-0.1, -0.05) is 29.8 Å². The van der Waals surface area contributed by atoms with Crippen LogP contribution in [0.5, 0.6) is 17.2 Å². The Morgan fingerprint density at radius 3 is 2.26 bits per heavy atom. The first-order valence-corrected chi connectivity index (χ1v) is 10.6. The molecule has 0 saturated carbocycles. The molecular formula is C27H26N2O5.